The highest BCUT2D eigenvalue weighted by Gasteiger charge is 2.34. The molecule has 1 aliphatic heterocycles. The van der Waals surface area contributed by atoms with Crippen molar-refractivity contribution in [3.05, 3.63) is 35.4 Å². The van der Waals surface area contributed by atoms with Crippen LogP contribution in [0.5, 0.6) is 0 Å². The van der Waals surface area contributed by atoms with Crippen LogP contribution in [0.4, 0.5) is 4.79 Å². The average molecular weight is 277 g/mol. The molecular formula is C14H15NO5. The Morgan fingerprint density at radius 3 is 2.25 bits per heavy atom. The first kappa shape index (κ1) is 14.0. The number of hydrogen-bond donors (Lipinski definition) is 0. The second-order valence-electron chi connectivity index (χ2n) is 4.32. The maximum Gasteiger partial charge on any atom is 0.507 e. The van der Waals surface area contributed by atoms with Gasteiger partial charge < -0.3 is 9.47 Å². The fraction of sp³-hybridized carbons (Fsp3) is 0.357. The molecule has 0 N–H and O–H groups in total. The van der Waals surface area contributed by atoms with Gasteiger partial charge in [0.2, 0.25) is 0 Å². The summed E-state index contributed by atoms with van der Waals surface area (Å²) in [5.41, 5.74) is 0.895. The van der Waals surface area contributed by atoms with Crippen LogP contribution in [-0.4, -0.2) is 43.1 Å². The van der Waals surface area contributed by atoms with Gasteiger partial charge in [-0.1, -0.05) is 12.1 Å². The van der Waals surface area contributed by atoms with E-state index in [1.54, 1.807) is 24.3 Å². The van der Waals surface area contributed by atoms with E-state index in [0.717, 1.165) is 0 Å². The van der Waals surface area contributed by atoms with Crippen LogP contribution in [0.3, 0.4) is 0 Å². The third-order valence-corrected chi connectivity index (χ3v) is 3.04. The largest absolute Gasteiger partial charge is 0.507 e. The number of hydrogen-bond acceptors (Lipinski definition) is 5. The minimum Gasteiger partial charge on any atom is -0.438 e. The van der Waals surface area contributed by atoms with E-state index < -0.39 is 6.16 Å². The molecule has 0 radical (unpaired) electrons. The molecule has 1 aromatic rings. The summed E-state index contributed by atoms with van der Waals surface area (Å²) in [5.74, 6) is -0.529. The minimum atomic E-state index is -0.731. The lowest BCUT2D eigenvalue weighted by atomic mass is 10.1. The van der Waals surface area contributed by atoms with Gasteiger partial charge in [0.25, 0.3) is 11.8 Å². The number of rotatable bonds is 5. The Hall–Kier alpha value is -2.37. The minimum absolute atomic E-state index is 0.204. The molecule has 0 fully saturated rings. The average Bonchev–Trinajstić information content (AvgIpc) is 2.71. The summed E-state index contributed by atoms with van der Waals surface area (Å²) < 4.78 is 9.05. The van der Waals surface area contributed by atoms with E-state index in [9.17, 15) is 14.4 Å². The summed E-state index contributed by atoms with van der Waals surface area (Å²) in [4.78, 5) is 36.0. The topological polar surface area (TPSA) is 72.9 Å². The first-order valence-corrected chi connectivity index (χ1v) is 6.31. The summed E-state index contributed by atoms with van der Waals surface area (Å²) in [6, 6.07) is 6.77. The highest BCUT2D eigenvalue weighted by molar-refractivity contribution is 6.21. The van der Waals surface area contributed by atoms with Crippen molar-refractivity contribution in [3.8, 4) is 0 Å². The normalized spacial score (nSPS) is 13.3. The number of carbonyl (C=O) groups is 3. The van der Waals surface area contributed by atoms with Gasteiger partial charge in [0, 0.05) is 6.54 Å². The van der Waals surface area contributed by atoms with Crippen molar-refractivity contribution < 1.29 is 23.9 Å². The first-order chi connectivity index (χ1) is 9.65. The number of nitrogens with zero attached hydrogens (tertiary/aromatic N) is 1. The second-order valence-corrected chi connectivity index (χ2v) is 4.32. The van der Waals surface area contributed by atoms with Crippen molar-refractivity contribution in [1.82, 2.24) is 4.90 Å². The molecule has 0 saturated carbocycles. The molecule has 0 spiro atoms. The Morgan fingerprint density at radius 2 is 1.70 bits per heavy atom. The predicted molar refractivity (Wildman–Crippen MR) is 69.4 cm³/mol. The molecule has 2 amide bonds. The molecule has 1 aromatic carbocycles. The van der Waals surface area contributed by atoms with Crippen molar-refractivity contribution >= 4 is 18.0 Å². The van der Waals surface area contributed by atoms with Crippen LogP contribution in [0, 0.1) is 0 Å². The standard InChI is InChI=1S/C14H15NO5/c1-19-14(18)20-9-5-4-8-15-12(16)10-6-2-3-7-11(10)13(15)17/h2-3,6-7H,4-5,8-9H2,1H3. The van der Waals surface area contributed by atoms with Crippen molar-refractivity contribution in [2.45, 2.75) is 12.8 Å². The van der Waals surface area contributed by atoms with E-state index in [-0.39, 0.29) is 18.4 Å². The van der Waals surface area contributed by atoms with Gasteiger partial charge in [-0.25, -0.2) is 4.79 Å². The molecule has 0 atom stereocenters. The van der Waals surface area contributed by atoms with Crippen LogP contribution in [0.25, 0.3) is 0 Å². The van der Waals surface area contributed by atoms with Gasteiger partial charge in [0.15, 0.2) is 0 Å². The van der Waals surface area contributed by atoms with Crippen molar-refractivity contribution in [1.29, 1.82) is 0 Å². The van der Waals surface area contributed by atoms with Crippen molar-refractivity contribution in [3.63, 3.8) is 0 Å². The summed E-state index contributed by atoms with van der Waals surface area (Å²) in [6.45, 7) is 0.521. The summed E-state index contributed by atoms with van der Waals surface area (Å²) >= 11 is 0. The second kappa shape index (κ2) is 6.18. The maximum absolute atomic E-state index is 12.0. The van der Waals surface area contributed by atoms with E-state index in [1.165, 1.54) is 12.0 Å². The van der Waals surface area contributed by atoms with E-state index in [1.807, 2.05) is 0 Å². The molecule has 0 unspecified atom stereocenters. The lowest BCUT2D eigenvalue weighted by molar-refractivity contribution is 0.0615. The Morgan fingerprint density at radius 1 is 1.10 bits per heavy atom. The zero-order chi connectivity index (χ0) is 14.5. The van der Waals surface area contributed by atoms with Crippen molar-refractivity contribution in [2.75, 3.05) is 20.3 Å². The van der Waals surface area contributed by atoms with Gasteiger partial charge in [-0.3, -0.25) is 14.5 Å². The smallest absolute Gasteiger partial charge is 0.438 e. The van der Waals surface area contributed by atoms with Crippen LogP contribution in [0.15, 0.2) is 24.3 Å². The fourth-order valence-electron chi connectivity index (χ4n) is 2.03. The number of carbonyl (C=O) groups excluding carboxylic acids is 3. The molecule has 6 nitrogen and oxygen atoms in total. The van der Waals surface area contributed by atoms with Gasteiger partial charge in [-0.2, -0.15) is 0 Å². The van der Waals surface area contributed by atoms with Crippen LogP contribution in [0.2, 0.25) is 0 Å². The lowest BCUT2D eigenvalue weighted by Crippen LogP contribution is -2.30. The molecule has 106 valence electrons. The summed E-state index contributed by atoms with van der Waals surface area (Å²) in [6.07, 6.45) is 0.399. The predicted octanol–water partition coefficient (Wildman–Crippen LogP) is 1.85. The van der Waals surface area contributed by atoms with Crippen LogP contribution in [0.1, 0.15) is 33.6 Å². The molecule has 0 bridgehead atoms. The SMILES string of the molecule is COC(=O)OCCCCN1C(=O)c2ccccc2C1=O. The molecule has 1 heterocycles. The fourth-order valence-corrected chi connectivity index (χ4v) is 2.03. The van der Waals surface area contributed by atoms with Crippen molar-refractivity contribution in [2.24, 2.45) is 0 Å². The Balaban J connectivity index is 1.82. The molecule has 1 aliphatic rings. The van der Waals surface area contributed by atoms with E-state index >= 15 is 0 Å². The maximum atomic E-state index is 12.0. The van der Waals surface area contributed by atoms with E-state index in [2.05, 4.69) is 4.74 Å². The number of unbranched alkanes of at least 4 members (excludes halogenated alkanes) is 1. The van der Waals surface area contributed by atoms with Gasteiger partial charge in [-0.05, 0) is 25.0 Å². The van der Waals surface area contributed by atoms with Gasteiger partial charge in [-0.15, -0.1) is 0 Å². The molecule has 0 aromatic heterocycles. The van der Waals surface area contributed by atoms with Crippen LogP contribution < -0.4 is 0 Å². The number of fused-ring (bicyclic) bond motifs is 1. The van der Waals surface area contributed by atoms with Gasteiger partial charge in [0.05, 0.1) is 24.8 Å². The third-order valence-electron chi connectivity index (χ3n) is 3.04. The Labute approximate surface area is 116 Å². The number of benzene rings is 1. The van der Waals surface area contributed by atoms with Gasteiger partial charge in [0.1, 0.15) is 0 Å². The third kappa shape index (κ3) is 2.79. The number of imide groups is 1. The molecule has 20 heavy (non-hydrogen) atoms. The quantitative estimate of drug-likeness (QED) is 0.466. The highest BCUT2D eigenvalue weighted by Crippen LogP contribution is 2.22. The molecule has 2 rings (SSSR count). The molecule has 0 aliphatic carbocycles. The Kier molecular flexibility index (Phi) is 4.34. The molecular weight excluding hydrogens is 262 g/mol. The lowest BCUT2D eigenvalue weighted by Gasteiger charge is -2.13. The molecule has 6 heteroatoms. The molecule has 0 saturated heterocycles. The number of methoxy groups -OCH3 is 1. The zero-order valence-corrected chi connectivity index (χ0v) is 11.1. The number of amides is 2. The summed E-state index contributed by atoms with van der Waals surface area (Å²) in [7, 11) is 1.24. The first-order valence-electron chi connectivity index (χ1n) is 6.31. The van der Waals surface area contributed by atoms with Crippen LogP contribution >= 0.6 is 0 Å². The highest BCUT2D eigenvalue weighted by atomic mass is 16.7. The zero-order valence-electron chi connectivity index (χ0n) is 11.1. The van der Waals surface area contributed by atoms with E-state index in [4.69, 9.17) is 4.74 Å². The Bertz CT molecular complexity index is 505. The van der Waals surface area contributed by atoms with E-state index in [0.29, 0.717) is 30.5 Å². The summed E-state index contributed by atoms with van der Waals surface area (Å²) in [5, 5.41) is 0. The number of ether oxygens (including phenoxy) is 2. The van der Waals surface area contributed by atoms with Gasteiger partial charge >= 0.3 is 6.16 Å². The monoisotopic (exact) mass is 277 g/mol. The van der Waals surface area contributed by atoms with Crippen LogP contribution in [-0.2, 0) is 9.47 Å².